The molecule has 0 amide bonds. The van der Waals surface area contributed by atoms with Crippen molar-refractivity contribution in [2.45, 2.75) is 83.8 Å². The summed E-state index contributed by atoms with van der Waals surface area (Å²) in [5.41, 5.74) is -1.79. The maximum absolute atomic E-state index is 12.3. The standard InChI is InChI=1S/C21H32O4/c1-12(22)21(25)9-7-16-15-5-4-13-10-14(23)6-8-19(13,2)18(15)17(24)11-20(16,21)3/h13,15-18,24-25H,4-11H2,1-3H3/t13-,15+,16+,17+,18-,19+,20+,21+/m1/s1. The number of rotatable bonds is 1. The Hall–Kier alpha value is -0.740. The molecule has 0 saturated heterocycles. The number of ketones is 2. The maximum atomic E-state index is 12.3. The molecule has 4 aliphatic carbocycles. The van der Waals surface area contributed by atoms with Gasteiger partial charge in [-0.2, -0.15) is 0 Å². The Balaban J connectivity index is 1.71. The third-order valence-electron chi connectivity index (χ3n) is 9.15. The quantitative estimate of drug-likeness (QED) is 0.764. The second-order valence-electron chi connectivity index (χ2n) is 9.96. The van der Waals surface area contributed by atoms with Crippen LogP contribution in [0.3, 0.4) is 0 Å². The van der Waals surface area contributed by atoms with Crippen molar-refractivity contribution in [2.75, 3.05) is 0 Å². The van der Waals surface area contributed by atoms with Crippen LogP contribution >= 0.6 is 0 Å². The Morgan fingerprint density at radius 3 is 2.56 bits per heavy atom. The molecule has 4 saturated carbocycles. The number of aliphatic hydroxyl groups excluding tert-OH is 1. The van der Waals surface area contributed by atoms with E-state index in [0.29, 0.717) is 49.2 Å². The molecule has 0 spiro atoms. The van der Waals surface area contributed by atoms with E-state index in [2.05, 4.69) is 6.92 Å². The van der Waals surface area contributed by atoms with Gasteiger partial charge >= 0.3 is 0 Å². The molecule has 4 heteroatoms. The van der Waals surface area contributed by atoms with Crippen LogP contribution in [0.1, 0.15) is 72.1 Å². The van der Waals surface area contributed by atoms with E-state index < -0.39 is 17.1 Å². The first-order valence-corrected chi connectivity index (χ1v) is 10.1. The normalized spacial score (nSPS) is 55.2. The van der Waals surface area contributed by atoms with Crippen molar-refractivity contribution in [1.29, 1.82) is 0 Å². The van der Waals surface area contributed by atoms with Gasteiger partial charge in [-0.15, -0.1) is 0 Å². The molecule has 0 aliphatic heterocycles. The van der Waals surface area contributed by atoms with E-state index in [4.69, 9.17) is 0 Å². The zero-order valence-corrected chi connectivity index (χ0v) is 15.8. The number of aliphatic hydroxyl groups is 2. The third-order valence-corrected chi connectivity index (χ3v) is 9.15. The highest BCUT2D eigenvalue weighted by atomic mass is 16.3. The average molecular weight is 348 g/mol. The van der Waals surface area contributed by atoms with Crippen molar-refractivity contribution in [3.63, 3.8) is 0 Å². The number of carbonyl (C=O) groups is 2. The van der Waals surface area contributed by atoms with E-state index in [1.165, 1.54) is 6.92 Å². The molecule has 0 radical (unpaired) electrons. The van der Waals surface area contributed by atoms with Crippen molar-refractivity contribution in [2.24, 2.45) is 34.5 Å². The summed E-state index contributed by atoms with van der Waals surface area (Å²) in [6.45, 7) is 5.82. The number of hydrogen-bond donors (Lipinski definition) is 2. The van der Waals surface area contributed by atoms with Crippen LogP contribution in [0, 0.1) is 34.5 Å². The number of Topliss-reactive ketones (excluding diaryl/α,β-unsaturated/α-hetero) is 2. The maximum Gasteiger partial charge on any atom is 0.161 e. The highest BCUT2D eigenvalue weighted by molar-refractivity contribution is 5.86. The van der Waals surface area contributed by atoms with E-state index >= 15 is 0 Å². The smallest absolute Gasteiger partial charge is 0.161 e. The summed E-state index contributed by atoms with van der Waals surface area (Å²) in [5, 5.41) is 22.4. The first-order chi connectivity index (χ1) is 11.6. The van der Waals surface area contributed by atoms with Gasteiger partial charge in [0.05, 0.1) is 6.10 Å². The van der Waals surface area contributed by atoms with Crippen LogP contribution in [0.25, 0.3) is 0 Å². The summed E-state index contributed by atoms with van der Waals surface area (Å²) in [7, 11) is 0. The van der Waals surface area contributed by atoms with Gasteiger partial charge in [-0.3, -0.25) is 9.59 Å². The molecule has 4 fully saturated rings. The van der Waals surface area contributed by atoms with Gasteiger partial charge in [0.15, 0.2) is 5.78 Å². The van der Waals surface area contributed by atoms with Gasteiger partial charge in [0.2, 0.25) is 0 Å². The lowest BCUT2D eigenvalue weighted by Crippen LogP contribution is -2.62. The first kappa shape index (κ1) is 17.7. The summed E-state index contributed by atoms with van der Waals surface area (Å²) in [6, 6.07) is 0. The Morgan fingerprint density at radius 2 is 1.88 bits per heavy atom. The van der Waals surface area contributed by atoms with Gasteiger partial charge in [-0.1, -0.05) is 13.8 Å². The number of hydrogen-bond acceptors (Lipinski definition) is 4. The summed E-state index contributed by atoms with van der Waals surface area (Å²) in [4.78, 5) is 24.2. The van der Waals surface area contributed by atoms with E-state index in [9.17, 15) is 19.8 Å². The summed E-state index contributed by atoms with van der Waals surface area (Å²) in [6.07, 6.45) is 5.67. The van der Waals surface area contributed by atoms with Gasteiger partial charge in [0.25, 0.3) is 0 Å². The summed E-state index contributed by atoms with van der Waals surface area (Å²) in [5.74, 6) is 1.48. The third kappa shape index (κ3) is 2.13. The minimum absolute atomic E-state index is 0.0223. The van der Waals surface area contributed by atoms with Crippen LogP contribution in [-0.2, 0) is 9.59 Å². The fourth-order valence-electron chi connectivity index (χ4n) is 7.75. The van der Waals surface area contributed by atoms with E-state index in [1.807, 2.05) is 6.92 Å². The Kier molecular flexibility index (Phi) is 3.81. The second kappa shape index (κ2) is 5.39. The first-order valence-electron chi connectivity index (χ1n) is 10.1. The average Bonchev–Trinajstić information content (AvgIpc) is 2.80. The SMILES string of the molecule is CC(=O)[C@@]1(O)CC[C@H]2[C@@H]3CC[C@@H]4CC(=O)CC[C@]4(C)[C@H]3[C@@H](O)C[C@@]21C. The number of carbonyl (C=O) groups excluding carboxylic acids is 2. The van der Waals surface area contributed by atoms with Crippen molar-refractivity contribution in [3.05, 3.63) is 0 Å². The zero-order chi connectivity index (χ0) is 18.2. The lowest BCUT2D eigenvalue weighted by Gasteiger charge is -2.62. The fourth-order valence-corrected chi connectivity index (χ4v) is 7.75. The lowest BCUT2D eigenvalue weighted by molar-refractivity contribution is -0.197. The van der Waals surface area contributed by atoms with Crippen molar-refractivity contribution in [3.8, 4) is 0 Å². The Labute approximate surface area is 150 Å². The molecular formula is C21H32O4. The van der Waals surface area contributed by atoms with Gasteiger partial charge in [0, 0.05) is 18.3 Å². The van der Waals surface area contributed by atoms with Crippen LogP contribution in [0.15, 0.2) is 0 Å². The minimum atomic E-state index is -1.29. The topological polar surface area (TPSA) is 74.6 Å². The molecule has 2 N–H and O–H groups in total. The predicted molar refractivity (Wildman–Crippen MR) is 93.8 cm³/mol. The number of fused-ring (bicyclic) bond motifs is 5. The van der Waals surface area contributed by atoms with Gasteiger partial charge < -0.3 is 10.2 Å². The molecule has 4 nitrogen and oxygen atoms in total. The highest BCUT2D eigenvalue weighted by Crippen LogP contribution is 2.68. The van der Waals surface area contributed by atoms with E-state index in [1.54, 1.807) is 0 Å². The Bertz CT molecular complexity index is 615. The molecule has 4 aliphatic rings. The molecule has 0 aromatic heterocycles. The van der Waals surface area contributed by atoms with Crippen molar-refractivity contribution in [1.82, 2.24) is 0 Å². The molecule has 0 heterocycles. The molecule has 0 bridgehead atoms. The van der Waals surface area contributed by atoms with Gasteiger partial charge in [-0.25, -0.2) is 0 Å². The summed E-state index contributed by atoms with van der Waals surface area (Å²) < 4.78 is 0. The van der Waals surface area contributed by atoms with Crippen molar-refractivity contribution < 1.29 is 19.8 Å². The van der Waals surface area contributed by atoms with Gasteiger partial charge in [-0.05, 0) is 74.5 Å². The lowest BCUT2D eigenvalue weighted by atomic mass is 9.43. The predicted octanol–water partition coefficient (Wildman–Crippen LogP) is 2.89. The molecule has 140 valence electrons. The van der Waals surface area contributed by atoms with Crippen LogP contribution in [0.4, 0.5) is 0 Å². The zero-order valence-electron chi connectivity index (χ0n) is 15.8. The van der Waals surface area contributed by atoms with E-state index in [0.717, 1.165) is 25.7 Å². The minimum Gasteiger partial charge on any atom is -0.393 e. The summed E-state index contributed by atoms with van der Waals surface area (Å²) >= 11 is 0. The van der Waals surface area contributed by atoms with Crippen LogP contribution < -0.4 is 0 Å². The Morgan fingerprint density at radius 1 is 1.16 bits per heavy atom. The highest BCUT2D eigenvalue weighted by Gasteiger charge is 2.68. The van der Waals surface area contributed by atoms with Crippen LogP contribution in [-0.4, -0.2) is 33.5 Å². The van der Waals surface area contributed by atoms with Crippen LogP contribution in [0.5, 0.6) is 0 Å². The monoisotopic (exact) mass is 348 g/mol. The van der Waals surface area contributed by atoms with Gasteiger partial charge in [0.1, 0.15) is 11.4 Å². The molecule has 25 heavy (non-hydrogen) atoms. The van der Waals surface area contributed by atoms with Crippen molar-refractivity contribution >= 4 is 11.6 Å². The molecule has 4 rings (SSSR count). The van der Waals surface area contributed by atoms with E-state index in [-0.39, 0.29) is 17.1 Å². The molecule has 0 aromatic carbocycles. The van der Waals surface area contributed by atoms with Crippen LogP contribution in [0.2, 0.25) is 0 Å². The molecular weight excluding hydrogens is 316 g/mol. The second-order valence-corrected chi connectivity index (χ2v) is 9.96. The largest absolute Gasteiger partial charge is 0.393 e. The fraction of sp³-hybridized carbons (Fsp3) is 0.905. The molecule has 8 atom stereocenters. The molecule has 0 unspecified atom stereocenters. The molecule has 0 aromatic rings.